The van der Waals surface area contributed by atoms with Gasteiger partial charge in [0.1, 0.15) is 5.75 Å². The normalized spacial score (nSPS) is 19.4. The first-order chi connectivity index (χ1) is 13.0. The molecule has 0 aromatic heterocycles. The number of nitro groups is 1. The van der Waals surface area contributed by atoms with Crippen LogP contribution in [0.15, 0.2) is 48.5 Å². The van der Waals surface area contributed by atoms with Crippen LogP contribution in [0.2, 0.25) is 0 Å². The number of nitrogens with zero attached hydrogens (tertiary/aromatic N) is 2. The molecule has 2 aromatic rings. The lowest BCUT2D eigenvalue weighted by Gasteiger charge is -2.18. The van der Waals surface area contributed by atoms with Crippen molar-refractivity contribution in [2.45, 2.75) is 19.1 Å². The molecule has 2 aromatic carbocycles. The van der Waals surface area contributed by atoms with E-state index in [-0.39, 0.29) is 42.2 Å². The van der Waals surface area contributed by atoms with Gasteiger partial charge in [0.05, 0.1) is 4.92 Å². The number of alkyl halides is 2. The van der Waals surface area contributed by atoms with Gasteiger partial charge in [-0.25, -0.2) is 0 Å². The SMILES string of the molecule is Cl.NC[C@@H]1CN(Cc2cc([N+](=O)[O-])ccc2OC(F)F)C[C@H]1c1ccccc1. The Hall–Kier alpha value is -2.29. The molecule has 0 bridgehead atoms. The molecule has 9 heteroatoms. The second kappa shape index (κ2) is 9.77. The van der Waals surface area contributed by atoms with E-state index in [4.69, 9.17) is 5.73 Å². The van der Waals surface area contributed by atoms with Gasteiger partial charge in [0.25, 0.3) is 5.69 Å². The van der Waals surface area contributed by atoms with E-state index in [1.165, 1.54) is 23.8 Å². The maximum Gasteiger partial charge on any atom is 0.387 e. The molecule has 152 valence electrons. The lowest BCUT2D eigenvalue weighted by atomic mass is 9.89. The number of hydrogen-bond donors (Lipinski definition) is 1. The van der Waals surface area contributed by atoms with Gasteiger partial charge in [0.15, 0.2) is 0 Å². The molecule has 3 rings (SSSR count). The first-order valence-electron chi connectivity index (χ1n) is 8.67. The van der Waals surface area contributed by atoms with Crippen LogP contribution in [0.25, 0.3) is 0 Å². The Morgan fingerprint density at radius 3 is 2.54 bits per heavy atom. The Morgan fingerprint density at radius 1 is 1.21 bits per heavy atom. The van der Waals surface area contributed by atoms with Crippen molar-refractivity contribution in [2.75, 3.05) is 19.6 Å². The maximum atomic E-state index is 12.7. The highest BCUT2D eigenvalue weighted by molar-refractivity contribution is 5.85. The Kier molecular flexibility index (Phi) is 7.68. The topological polar surface area (TPSA) is 81.6 Å². The van der Waals surface area contributed by atoms with Crippen LogP contribution in [0.1, 0.15) is 17.0 Å². The maximum absolute atomic E-state index is 12.7. The zero-order valence-electron chi connectivity index (χ0n) is 15.0. The Bertz CT molecular complexity index is 795. The summed E-state index contributed by atoms with van der Waals surface area (Å²) in [4.78, 5) is 12.6. The standard InChI is InChI=1S/C19H21F2N3O3.ClH/c20-19(21)27-18-7-6-16(24(25)26)8-14(18)10-23-11-15(9-22)17(12-23)13-4-2-1-3-5-13;/h1-8,15,17,19H,9-12,22H2;1H/t15-,17+;/m1./s1. The predicted molar refractivity (Wildman–Crippen MR) is 104 cm³/mol. The number of hydrogen-bond acceptors (Lipinski definition) is 5. The average Bonchev–Trinajstić information content (AvgIpc) is 3.06. The number of nitrogens with two attached hydrogens (primary N) is 1. The molecule has 0 aliphatic carbocycles. The number of rotatable bonds is 7. The third-order valence-electron chi connectivity index (χ3n) is 4.91. The van der Waals surface area contributed by atoms with Crippen molar-refractivity contribution < 1.29 is 18.4 Å². The van der Waals surface area contributed by atoms with Crippen LogP contribution >= 0.6 is 12.4 Å². The molecule has 1 saturated heterocycles. The largest absolute Gasteiger partial charge is 0.434 e. The lowest BCUT2D eigenvalue weighted by Crippen LogP contribution is -2.23. The van der Waals surface area contributed by atoms with Crippen molar-refractivity contribution in [1.82, 2.24) is 4.90 Å². The highest BCUT2D eigenvalue weighted by Crippen LogP contribution is 2.34. The Labute approximate surface area is 167 Å². The fourth-order valence-corrected chi connectivity index (χ4v) is 3.66. The fraction of sp³-hybridized carbons (Fsp3) is 0.368. The number of non-ortho nitro benzene ring substituents is 1. The zero-order chi connectivity index (χ0) is 19.4. The van der Waals surface area contributed by atoms with Gasteiger partial charge in [0, 0.05) is 43.2 Å². The van der Waals surface area contributed by atoms with Crippen LogP contribution in [-0.2, 0) is 6.54 Å². The Balaban J connectivity index is 0.00000280. The first-order valence-corrected chi connectivity index (χ1v) is 8.67. The number of benzene rings is 2. The monoisotopic (exact) mass is 413 g/mol. The van der Waals surface area contributed by atoms with E-state index >= 15 is 0 Å². The summed E-state index contributed by atoms with van der Waals surface area (Å²) in [5.74, 6) is 0.419. The number of nitro benzene ring substituents is 1. The summed E-state index contributed by atoms with van der Waals surface area (Å²) in [7, 11) is 0. The van der Waals surface area contributed by atoms with Crippen LogP contribution in [0.4, 0.5) is 14.5 Å². The highest BCUT2D eigenvalue weighted by Gasteiger charge is 2.33. The second-order valence-corrected chi connectivity index (χ2v) is 6.63. The van der Waals surface area contributed by atoms with Gasteiger partial charge in [-0.1, -0.05) is 30.3 Å². The Morgan fingerprint density at radius 2 is 1.93 bits per heavy atom. The van der Waals surface area contributed by atoms with E-state index in [1.807, 2.05) is 18.2 Å². The number of likely N-dealkylation sites (tertiary alicyclic amines) is 1. The predicted octanol–water partition coefficient (Wildman–Crippen LogP) is 3.79. The van der Waals surface area contributed by atoms with Crippen molar-refractivity contribution in [3.63, 3.8) is 0 Å². The third kappa shape index (κ3) is 5.15. The van der Waals surface area contributed by atoms with E-state index in [0.29, 0.717) is 25.2 Å². The van der Waals surface area contributed by atoms with E-state index in [9.17, 15) is 18.9 Å². The van der Waals surface area contributed by atoms with Crippen molar-refractivity contribution in [3.05, 3.63) is 69.8 Å². The molecular formula is C19H22ClF2N3O3. The summed E-state index contributed by atoms with van der Waals surface area (Å²) >= 11 is 0. The summed E-state index contributed by atoms with van der Waals surface area (Å²) in [5, 5.41) is 11.0. The molecule has 1 aliphatic heterocycles. The molecule has 2 N–H and O–H groups in total. The van der Waals surface area contributed by atoms with Crippen LogP contribution in [0.5, 0.6) is 5.75 Å². The summed E-state index contributed by atoms with van der Waals surface area (Å²) in [6.45, 7) is -0.817. The molecule has 0 unspecified atom stereocenters. The lowest BCUT2D eigenvalue weighted by molar-refractivity contribution is -0.385. The summed E-state index contributed by atoms with van der Waals surface area (Å²) in [6, 6.07) is 13.7. The van der Waals surface area contributed by atoms with Gasteiger partial charge in [-0.05, 0) is 24.1 Å². The molecule has 28 heavy (non-hydrogen) atoms. The molecule has 2 atom stereocenters. The molecule has 1 fully saturated rings. The molecular weight excluding hydrogens is 392 g/mol. The quantitative estimate of drug-likeness (QED) is 0.551. The van der Waals surface area contributed by atoms with Crippen LogP contribution in [0.3, 0.4) is 0 Å². The molecule has 0 spiro atoms. The van der Waals surface area contributed by atoms with Gasteiger partial charge in [-0.15, -0.1) is 12.4 Å². The van der Waals surface area contributed by atoms with Crippen molar-refractivity contribution in [2.24, 2.45) is 11.7 Å². The van der Waals surface area contributed by atoms with E-state index in [1.54, 1.807) is 0 Å². The molecule has 0 radical (unpaired) electrons. The summed E-state index contributed by atoms with van der Waals surface area (Å²) in [6.07, 6.45) is 0. The minimum atomic E-state index is -2.99. The van der Waals surface area contributed by atoms with Crippen molar-refractivity contribution in [1.29, 1.82) is 0 Å². The smallest absolute Gasteiger partial charge is 0.387 e. The number of ether oxygens (including phenoxy) is 1. The van der Waals surface area contributed by atoms with Gasteiger partial charge in [0.2, 0.25) is 0 Å². The van der Waals surface area contributed by atoms with Gasteiger partial charge >= 0.3 is 6.61 Å². The van der Waals surface area contributed by atoms with E-state index in [2.05, 4.69) is 21.8 Å². The second-order valence-electron chi connectivity index (χ2n) is 6.63. The number of halogens is 3. The first kappa shape index (κ1) is 22.0. The minimum absolute atomic E-state index is 0. The third-order valence-corrected chi connectivity index (χ3v) is 4.91. The molecule has 0 amide bonds. The van der Waals surface area contributed by atoms with Crippen molar-refractivity contribution in [3.8, 4) is 5.75 Å². The highest BCUT2D eigenvalue weighted by atomic mass is 35.5. The molecule has 1 heterocycles. The fourth-order valence-electron chi connectivity index (χ4n) is 3.66. The van der Waals surface area contributed by atoms with E-state index < -0.39 is 11.5 Å². The van der Waals surface area contributed by atoms with Gasteiger partial charge < -0.3 is 10.5 Å². The summed E-state index contributed by atoms with van der Waals surface area (Å²) in [5.41, 5.74) is 7.33. The van der Waals surface area contributed by atoms with Crippen molar-refractivity contribution >= 4 is 18.1 Å². The molecule has 0 saturated carbocycles. The summed E-state index contributed by atoms with van der Waals surface area (Å²) < 4.78 is 29.9. The van der Waals surface area contributed by atoms with Crippen LogP contribution in [0, 0.1) is 16.0 Å². The van der Waals surface area contributed by atoms with Gasteiger partial charge in [-0.2, -0.15) is 8.78 Å². The van der Waals surface area contributed by atoms with E-state index in [0.717, 1.165) is 0 Å². The van der Waals surface area contributed by atoms with Crippen LogP contribution < -0.4 is 10.5 Å². The minimum Gasteiger partial charge on any atom is -0.434 e. The molecule has 1 aliphatic rings. The molecule has 6 nitrogen and oxygen atoms in total. The average molecular weight is 414 g/mol. The van der Waals surface area contributed by atoms with Gasteiger partial charge in [-0.3, -0.25) is 15.0 Å². The zero-order valence-corrected chi connectivity index (χ0v) is 15.9. The van der Waals surface area contributed by atoms with Crippen LogP contribution in [-0.4, -0.2) is 36.1 Å².